The van der Waals surface area contributed by atoms with Crippen LogP contribution < -0.4 is 39.3 Å². The Hall–Kier alpha value is -4.18. The minimum Gasteiger partial charge on any atom is -0.481 e. The third-order valence-corrected chi connectivity index (χ3v) is 4.21. The Morgan fingerprint density at radius 2 is 1.02 bits per heavy atom. The van der Waals surface area contributed by atoms with Gasteiger partial charge in [0.1, 0.15) is 42.5 Å². The number of nitrogens with one attached hydrogen (secondary N) is 2. The monoisotopic (exact) mass is 771 g/mol. The van der Waals surface area contributed by atoms with Crippen LogP contribution in [0.15, 0.2) is 0 Å². The molecule has 0 saturated carbocycles. The van der Waals surface area contributed by atoms with Crippen molar-refractivity contribution in [1.82, 2.24) is 10.6 Å². The van der Waals surface area contributed by atoms with Gasteiger partial charge in [-0.3, -0.25) is 28.8 Å². The Kier molecular flexibility index (Phi) is 35.8. The van der Waals surface area contributed by atoms with Crippen LogP contribution in [-0.4, -0.2) is 114 Å². The van der Waals surface area contributed by atoms with E-state index in [0.717, 1.165) is 0 Å². The van der Waals surface area contributed by atoms with Crippen molar-refractivity contribution < 1.29 is 67.5 Å². The second-order valence-electron chi connectivity index (χ2n) is 11.1. The first-order valence-corrected chi connectivity index (χ1v) is 14.2. The lowest BCUT2D eigenvalue weighted by Gasteiger charge is -2.22. The number of rotatable bonds is 13. The van der Waals surface area contributed by atoms with E-state index in [1.54, 1.807) is 55.4 Å². The maximum absolute atomic E-state index is 11.4. The summed E-state index contributed by atoms with van der Waals surface area (Å²) in [5.74, 6) is -4.16. The Bertz CT molecular complexity index is 1050. The Morgan fingerprint density at radius 3 is 1.28 bits per heavy atom. The highest BCUT2D eigenvalue weighted by molar-refractivity contribution is 5.86. The van der Waals surface area contributed by atoms with Gasteiger partial charge in [-0.05, 0) is 41.5 Å². The predicted molar refractivity (Wildman–Crippen MR) is 183 cm³/mol. The minimum atomic E-state index is -1.11. The zero-order valence-corrected chi connectivity index (χ0v) is 31.1. The summed E-state index contributed by atoms with van der Waals surface area (Å²) in [5.41, 5.74) is 23.4. The molecule has 0 saturated heterocycles. The number of primary amides is 3. The maximum atomic E-state index is 11.4. The van der Waals surface area contributed by atoms with Gasteiger partial charge in [0.05, 0.1) is 13.2 Å². The van der Waals surface area contributed by atoms with Crippen molar-refractivity contribution in [2.45, 2.75) is 97.6 Å². The molecule has 0 radical (unpaired) electrons. The normalized spacial score (nSPS) is 11.6. The van der Waals surface area contributed by atoms with E-state index in [0.29, 0.717) is 0 Å². The number of carbonyl (C=O) groups is 8. The molecule has 0 fully saturated rings. The molecule has 0 rings (SSSR count). The van der Waals surface area contributed by atoms with Crippen LogP contribution in [0.5, 0.6) is 0 Å². The third kappa shape index (κ3) is 41.8. The third-order valence-electron chi connectivity index (χ3n) is 4.21. The molecule has 0 aromatic rings. The van der Waals surface area contributed by atoms with Gasteiger partial charge in [0.25, 0.3) is 0 Å². The van der Waals surface area contributed by atoms with Crippen LogP contribution in [0.2, 0.25) is 0 Å². The molecule has 14 N–H and O–H groups in total. The van der Waals surface area contributed by atoms with Crippen LogP contribution in [0.4, 0.5) is 9.59 Å². The van der Waals surface area contributed by atoms with E-state index in [4.69, 9.17) is 53.1 Å². The lowest BCUT2D eigenvalue weighted by Crippen LogP contribution is -2.49. The predicted octanol–water partition coefficient (Wildman–Crippen LogP) is -1.70. The minimum absolute atomic E-state index is 0. The summed E-state index contributed by atoms with van der Waals surface area (Å²) >= 11 is 0. The first-order chi connectivity index (χ1) is 21.8. The average Bonchev–Trinajstić information content (AvgIpc) is 2.94. The van der Waals surface area contributed by atoms with Crippen LogP contribution in [0.1, 0.15) is 68.2 Å². The molecule has 0 unspecified atom stereocenters. The van der Waals surface area contributed by atoms with E-state index in [2.05, 4.69) is 15.4 Å². The zero-order chi connectivity index (χ0) is 38.8. The molecular formula is C27H55Cl2N7O14. The number of halogens is 2. The molecule has 0 aliphatic rings. The maximum Gasteiger partial charge on any atom is 0.408 e. The number of hydrogen-bond acceptors (Lipinski definition) is 15. The van der Waals surface area contributed by atoms with Crippen LogP contribution in [0, 0.1) is 0 Å². The summed E-state index contributed by atoms with van der Waals surface area (Å²) in [6, 6.07) is -3.16. The van der Waals surface area contributed by atoms with E-state index in [1.165, 1.54) is 0 Å². The highest BCUT2D eigenvalue weighted by Gasteiger charge is 2.24. The van der Waals surface area contributed by atoms with Crippen LogP contribution >= 0.6 is 24.8 Å². The number of carbonyl (C=O) groups excluding carboxylic acids is 7. The smallest absolute Gasteiger partial charge is 0.408 e. The topological polar surface area (TPSA) is 368 Å². The van der Waals surface area contributed by atoms with Crippen molar-refractivity contribution >= 4 is 72.6 Å². The second kappa shape index (κ2) is 30.8. The highest BCUT2D eigenvalue weighted by atomic mass is 35.5. The molecular weight excluding hydrogens is 717 g/mol. The zero-order valence-electron chi connectivity index (χ0n) is 29.5. The van der Waals surface area contributed by atoms with Crippen molar-refractivity contribution in [3.8, 4) is 0 Å². The van der Waals surface area contributed by atoms with Crippen molar-refractivity contribution in [2.24, 2.45) is 28.7 Å². The van der Waals surface area contributed by atoms with E-state index in [-0.39, 0.29) is 57.4 Å². The van der Waals surface area contributed by atoms with E-state index in [9.17, 15) is 38.4 Å². The van der Waals surface area contributed by atoms with Gasteiger partial charge >= 0.3 is 30.1 Å². The molecule has 0 aliphatic heterocycles. The number of aliphatic hydroxyl groups is 1. The SMILES string of the molecule is CC(C)(C)OC(=O)N[C@@H](CO)C(N)=O.CCC(=O)O.CCC(=O)OC[C@H](NC(=O)OC(C)(C)C)C(N)=O.Cl.Cl.NCC(=O)OC[C@H](N)C(N)=O. The van der Waals surface area contributed by atoms with Crippen LogP contribution in [0.25, 0.3) is 0 Å². The molecule has 0 bridgehead atoms. The molecule has 0 aromatic heterocycles. The number of aliphatic carboxylic acids is 1. The summed E-state index contributed by atoms with van der Waals surface area (Å²) in [4.78, 5) is 85.1. The number of aliphatic hydroxyl groups excluding tert-OH is 1. The standard InChI is InChI=1S/C11H20N2O5.C8H16N2O4.C5H11N3O3.C3H6O2.2ClH/c1-5-8(14)17-6-7(9(12)15)13-10(16)18-11(2,3)4;1-8(2,3)14-7(13)10-5(4-11)6(9)12;6-1-4(9)11-2-3(7)5(8)10;1-2-3(4)5;;/h7H,5-6H2,1-4H3,(H2,12,15)(H,13,16);5,11H,4H2,1-3H3,(H2,9,12)(H,10,13);3H,1-2,6-7H2,(H2,8,10);2H2,1H3,(H,4,5);2*1H/t7-;5-;3-;;;/m000.../s1. The van der Waals surface area contributed by atoms with E-state index in [1.807, 2.05) is 0 Å². The van der Waals surface area contributed by atoms with Crippen LogP contribution in [-0.2, 0) is 47.7 Å². The van der Waals surface area contributed by atoms with Gasteiger partial charge < -0.3 is 68.5 Å². The highest BCUT2D eigenvalue weighted by Crippen LogP contribution is 2.07. The molecule has 3 atom stereocenters. The number of alkyl carbamates (subject to hydrolysis) is 2. The molecule has 0 spiro atoms. The number of carboxylic acid groups (broad SMARTS) is 1. The van der Waals surface area contributed by atoms with Crippen molar-refractivity contribution in [2.75, 3.05) is 26.4 Å². The Balaban J connectivity index is -0.000000136. The molecule has 23 heteroatoms. The van der Waals surface area contributed by atoms with E-state index >= 15 is 0 Å². The van der Waals surface area contributed by atoms with E-state index < -0.39 is 83.8 Å². The molecule has 50 heavy (non-hydrogen) atoms. The molecule has 0 aliphatic carbocycles. The van der Waals surface area contributed by atoms with Crippen molar-refractivity contribution in [3.63, 3.8) is 0 Å². The molecule has 0 heterocycles. The fourth-order valence-corrected chi connectivity index (χ4v) is 1.90. The summed E-state index contributed by atoms with van der Waals surface area (Å²) < 4.78 is 19.0. The Morgan fingerprint density at radius 1 is 0.660 bits per heavy atom. The lowest BCUT2D eigenvalue weighted by atomic mass is 10.2. The fraction of sp³-hybridized carbons (Fsp3) is 0.704. The molecule has 21 nitrogen and oxygen atoms in total. The first kappa shape index (κ1) is 58.0. The van der Waals surface area contributed by atoms with Gasteiger partial charge in [-0.15, -0.1) is 24.8 Å². The molecule has 0 aromatic carbocycles. The number of ether oxygens (including phenoxy) is 4. The van der Waals surface area contributed by atoms with Crippen LogP contribution in [0.3, 0.4) is 0 Å². The number of esters is 2. The summed E-state index contributed by atoms with van der Waals surface area (Å²) in [6.45, 7) is 12.0. The van der Waals surface area contributed by atoms with Gasteiger partial charge in [-0.2, -0.15) is 0 Å². The largest absolute Gasteiger partial charge is 0.481 e. The van der Waals surface area contributed by atoms with Gasteiger partial charge in [0, 0.05) is 12.8 Å². The summed E-state index contributed by atoms with van der Waals surface area (Å²) in [5, 5.41) is 20.8. The number of amides is 5. The first-order valence-electron chi connectivity index (χ1n) is 14.2. The average molecular weight is 773 g/mol. The fourth-order valence-electron chi connectivity index (χ4n) is 1.90. The summed E-state index contributed by atoms with van der Waals surface area (Å²) in [7, 11) is 0. The number of hydrogen-bond donors (Lipinski definition) is 9. The van der Waals surface area contributed by atoms with Crippen molar-refractivity contribution in [1.29, 1.82) is 0 Å². The molecule has 5 amide bonds. The van der Waals surface area contributed by atoms with Gasteiger partial charge in [-0.25, -0.2) is 9.59 Å². The molecule has 296 valence electrons. The Labute approximate surface area is 303 Å². The second-order valence-corrected chi connectivity index (χ2v) is 11.1. The van der Waals surface area contributed by atoms with Gasteiger partial charge in [-0.1, -0.05) is 13.8 Å². The quantitative estimate of drug-likeness (QED) is 0.0744. The number of nitrogens with two attached hydrogens (primary N) is 5. The van der Waals surface area contributed by atoms with Crippen molar-refractivity contribution in [3.05, 3.63) is 0 Å². The van der Waals surface area contributed by atoms with Gasteiger partial charge in [0.2, 0.25) is 17.7 Å². The van der Waals surface area contributed by atoms with Gasteiger partial charge in [0.15, 0.2) is 0 Å². The lowest BCUT2D eigenvalue weighted by molar-refractivity contribution is -0.145. The summed E-state index contributed by atoms with van der Waals surface area (Å²) in [6.07, 6.45) is -1.17. The number of carboxylic acids is 1.